The van der Waals surface area contributed by atoms with E-state index in [0.29, 0.717) is 23.9 Å². The number of amides is 1. The molecule has 1 amide bonds. The van der Waals surface area contributed by atoms with E-state index < -0.39 is 5.91 Å². The van der Waals surface area contributed by atoms with Gasteiger partial charge in [0.1, 0.15) is 18.1 Å². The molecule has 0 aliphatic heterocycles. The van der Waals surface area contributed by atoms with Crippen molar-refractivity contribution in [2.45, 2.75) is 26.5 Å². The average molecular weight is 291 g/mol. The Bertz CT molecular complexity index is 626. The number of hydrogen-bond acceptors (Lipinski definition) is 6. The molecule has 0 aliphatic rings. The van der Waals surface area contributed by atoms with Crippen LogP contribution in [0.5, 0.6) is 11.5 Å². The van der Waals surface area contributed by atoms with Gasteiger partial charge in [0.05, 0.1) is 12.7 Å². The number of hydrogen-bond donors (Lipinski definition) is 1. The number of aryl methyl sites for hydroxylation is 1. The monoisotopic (exact) mass is 291 g/mol. The number of aromatic nitrogens is 4. The third kappa shape index (κ3) is 3.47. The number of tetrazole rings is 1. The highest BCUT2D eigenvalue weighted by Crippen LogP contribution is 2.25. The SMILES string of the molecule is CCCn1nnnc1COc1cc(OC)ccc1C(N)=O. The molecule has 2 rings (SSSR count). The summed E-state index contributed by atoms with van der Waals surface area (Å²) < 4.78 is 12.4. The summed E-state index contributed by atoms with van der Waals surface area (Å²) in [5.41, 5.74) is 5.61. The van der Waals surface area contributed by atoms with E-state index in [2.05, 4.69) is 15.5 Å². The van der Waals surface area contributed by atoms with Crippen molar-refractivity contribution in [2.24, 2.45) is 5.73 Å². The fourth-order valence-electron chi connectivity index (χ4n) is 1.81. The van der Waals surface area contributed by atoms with Crippen LogP contribution in [0.1, 0.15) is 29.5 Å². The zero-order valence-corrected chi connectivity index (χ0v) is 11.9. The van der Waals surface area contributed by atoms with Gasteiger partial charge in [0.2, 0.25) is 0 Å². The molecule has 8 nitrogen and oxygen atoms in total. The number of ether oxygens (including phenoxy) is 2. The summed E-state index contributed by atoms with van der Waals surface area (Å²) in [7, 11) is 1.53. The maximum absolute atomic E-state index is 11.4. The summed E-state index contributed by atoms with van der Waals surface area (Å²) in [4.78, 5) is 11.4. The van der Waals surface area contributed by atoms with E-state index in [9.17, 15) is 4.79 Å². The first-order valence-corrected chi connectivity index (χ1v) is 6.51. The summed E-state index contributed by atoms with van der Waals surface area (Å²) in [6.07, 6.45) is 0.906. The standard InChI is InChI=1S/C13H17N5O3/c1-3-6-18-12(15-16-17-18)8-21-11-7-9(20-2)4-5-10(11)13(14)19/h4-5,7H,3,6,8H2,1-2H3,(H2,14,19). The number of carbonyl (C=O) groups is 1. The van der Waals surface area contributed by atoms with Crippen molar-refractivity contribution < 1.29 is 14.3 Å². The Hall–Kier alpha value is -2.64. The zero-order valence-electron chi connectivity index (χ0n) is 11.9. The molecule has 1 aromatic heterocycles. The topological polar surface area (TPSA) is 105 Å². The molecular formula is C13H17N5O3. The normalized spacial score (nSPS) is 10.4. The van der Waals surface area contributed by atoms with E-state index in [0.717, 1.165) is 6.42 Å². The van der Waals surface area contributed by atoms with Gasteiger partial charge >= 0.3 is 0 Å². The van der Waals surface area contributed by atoms with Gasteiger partial charge in [-0.3, -0.25) is 4.79 Å². The lowest BCUT2D eigenvalue weighted by Crippen LogP contribution is -2.14. The van der Waals surface area contributed by atoms with Gasteiger partial charge in [-0.05, 0) is 29.0 Å². The van der Waals surface area contributed by atoms with Crippen molar-refractivity contribution in [3.05, 3.63) is 29.6 Å². The molecule has 0 atom stereocenters. The van der Waals surface area contributed by atoms with Crippen LogP contribution < -0.4 is 15.2 Å². The summed E-state index contributed by atoms with van der Waals surface area (Å²) in [6.45, 7) is 2.87. The minimum atomic E-state index is -0.569. The lowest BCUT2D eigenvalue weighted by atomic mass is 10.2. The molecule has 2 N–H and O–H groups in total. The third-order valence-electron chi connectivity index (χ3n) is 2.85. The lowest BCUT2D eigenvalue weighted by molar-refractivity contribution is 0.0995. The number of nitrogens with zero attached hydrogens (tertiary/aromatic N) is 4. The molecule has 8 heteroatoms. The summed E-state index contributed by atoms with van der Waals surface area (Å²) in [6, 6.07) is 4.81. The number of carbonyl (C=O) groups excluding carboxylic acids is 1. The molecular weight excluding hydrogens is 274 g/mol. The van der Waals surface area contributed by atoms with Gasteiger partial charge in [-0.15, -0.1) is 5.10 Å². The van der Waals surface area contributed by atoms with E-state index in [4.69, 9.17) is 15.2 Å². The first-order chi connectivity index (χ1) is 10.2. The minimum Gasteiger partial charge on any atom is -0.497 e. The minimum absolute atomic E-state index is 0.139. The van der Waals surface area contributed by atoms with E-state index in [1.54, 1.807) is 22.9 Å². The van der Waals surface area contributed by atoms with Gasteiger partial charge in [-0.2, -0.15) is 0 Å². The smallest absolute Gasteiger partial charge is 0.252 e. The number of nitrogens with two attached hydrogens (primary N) is 1. The fraction of sp³-hybridized carbons (Fsp3) is 0.385. The summed E-state index contributed by atoms with van der Waals surface area (Å²) >= 11 is 0. The molecule has 0 radical (unpaired) electrons. The van der Waals surface area contributed by atoms with Crippen molar-refractivity contribution in [1.82, 2.24) is 20.2 Å². The Labute approximate surface area is 121 Å². The van der Waals surface area contributed by atoms with E-state index in [-0.39, 0.29) is 12.2 Å². The van der Waals surface area contributed by atoms with Crippen molar-refractivity contribution in [3.63, 3.8) is 0 Å². The molecule has 21 heavy (non-hydrogen) atoms. The Morgan fingerprint density at radius 3 is 2.90 bits per heavy atom. The van der Waals surface area contributed by atoms with Crippen molar-refractivity contribution in [2.75, 3.05) is 7.11 Å². The van der Waals surface area contributed by atoms with E-state index in [1.165, 1.54) is 7.11 Å². The number of primary amides is 1. The van der Waals surface area contributed by atoms with Crippen LogP contribution in [0, 0.1) is 0 Å². The molecule has 0 saturated carbocycles. The Balaban J connectivity index is 2.18. The predicted molar refractivity (Wildman–Crippen MR) is 74.0 cm³/mol. The lowest BCUT2D eigenvalue weighted by Gasteiger charge is -2.11. The second kappa shape index (κ2) is 6.69. The zero-order chi connectivity index (χ0) is 15.2. The van der Waals surface area contributed by atoms with Crippen LogP contribution >= 0.6 is 0 Å². The van der Waals surface area contributed by atoms with Crippen molar-refractivity contribution in [1.29, 1.82) is 0 Å². The fourth-order valence-corrected chi connectivity index (χ4v) is 1.81. The number of rotatable bonds is 7. The van der Waals surface area contributed by atoms with Crippen LogP contribution in [-0.4, -0.2) is 33.2 Å². The molecule has 0 aliphatic carbocycles. The molecule has 0 bridgehead atoms. The Kier molecular flexibility index (Phi) is 4.70. The van der Waals surface area contributed by atoms with Crippen molar-refractivity contribution >= 4 is 5.91 Å². The van der Waals surface area contributed by atoms with Crippen LogP contribution in [0.25, 0.3) is 0 Å². The molecule has 1 heterocycles. The maximum atomic E-state index is 11.4. The predicted octanol–water partition coefficient (Wildman–Crippen LogP) is 0.770. The first-order valence-electron chi connectivity index (χ1n) is 6.51. The van der Waals surface area contributed by atoms with Crippen LogP contribution in [-0.2, 0) is 13.2 Å². The van der Waals surface area contributed by atoms with Crippen LogP contribution in [0.4, 0.5) is 0 Å². The second-order valence-corrected chi connectivity index (χ2v) is 4.33. The largest absolute Gasteiger partial charge is 0.497 e. The molecule has 0 spiro atoms. The Morgan fingerprint density at radius 1 is 1.43 bits per heavy atom. The molecule has 112 valence electrons. The highest BCUT2D eigenvalue weighted by molar-refractivity contribution is 5.95. The maximum Gasteiger partial charge on any atom is 0.252 e. The summed E-state index contributed by atoms with van der Waals surface area (Å²) in [5, 5.41) is 11.4. The van der Waals surface area contributed by atoms with E-state index >= 15 is 0 Å². The van der Waals surface area contributed by atoms with Crippen LogP contribution in [0.2, 0.25) is 0 Å². The van der Waals surface area contributed by atoms with Crippen LogP contribution in [0.15, 0.2) is 18.2 Å². The van der Waals surface area contributed by atoms with Gasteiger partial charge in [0.15, 0.2) is 5.82 Å². The van der Waals surface area contributed by atoms with Gasteiger partial charge in [0.25, 0.3) is 5.91 Å². The number of benzene rings is 1. The molecule has 0 saturated heterocycles. The third-order valence-corrected chi connectivity index (χ3v) is 2.85. The van der Waals surface area contributed by atoms with Crippen molar-refractivity contribution in [3.8, 4) is 11.5 Å². The van der Waals surface area contributed by atoms with Gasteiger partial charge in [-0.25, -0.2) is 4.68 Å². The molecule has 2 aromatic rings. The molecule has 0 unspecified atom stereocenters. The number of methoxy groups -OCH3 is 1. The molecule has 0 fully saturated rings. The quantitative estimate of drug-likeness (QED) is 0.807. The van der Waals surface area contributed by atoms with Crippen LogP contribution in [0.3, 0.4) is 0 Å². The second-order valence-electron chi connectivity index (χ2n) is 4.33. The molecule has 1 aromatic carbocycles. The van der Waals surface area contributed by atoms with Gasteiger partial charge in [0, 0.05) is 12.6 Å². The first kappa shape index (κ1) is 14.8. The van der Waals surface area contributed by atoms with Gasteiger partial charge < -0.3 is 15.2 Å². The highest BCUT2D eigenvalue weighted by atomic mass is 16.5. The van der Waals surface area contributed by atoms with E-state index in [1.807, 2.05) is 6.92 Å². The summed E-state index contributed by atoms with van der Waals surface area (Å²) in [5.74, 6) is 0.923. The average Bonchev–Trinajstić information content (AvgIpc) is 2.92. The Morgan fingerprint density at radius 2 is 2.24 bits per heavy atom. The highest BCUT2D eigenvalue weighted by Gasteiger charge is 2.13. The van der Waals surface area contributed by atoms with Gasteiger partial charge in [-0.1, -0.05) is 6.92 Å².